The van der Waals surface area contributed by atoms with Crippen LogP contribution in [0, 0.1) is 6.92 Å². The molecule has 4 nitrogen and oxygen atoms in total. The second-order valence-corrected chi connectivity index (χ2v) is 3.53. The van der Waals surface area contributed by atoms with Crippen molar-refractivity contribution in [2.24, 2.45) is 0 Å². The van der Waals surface area contributed by atoms with Gasteiger partial charge in [0, 0.05) is 57.3 Å². The molecule has 0 unspecified atom stereocenters. The van der Waals surface area contributed by atoms with E-state index in [4.69, 9.17) is 0 Å². The van der Waals surface area contributed by atoms with Gasteiger partial charge in [0.15, 0.2) is 0 Å². The molecule has 5 heteroatoms. The van der Waals surface area contributed by atoms with Crippen molar-refractivity contribution in [2.75, 3.05) is 5.32 Å². The molecule has 0 aliphatic heterocycles. The van der Waals surface area contributed by atoms with Gasteiger partial charge < -0.3 is 17.6 Å². The van der Waals surface area contributed by atoms with Crippen LogP contribution < -0.4 is 10.6 Å². The zero-order chi connectivity index (χ0) is 13.9. The summed E-state index contributed by atoms with van der Waals surface area (Å²) in [5.74, 6) is 0. The predicted octanol–water partition coefficient (Wildman–Crippen LogP) is 3.24. The van der Waals surface area contributed by atoms with Crippen molar-refractivity contribution in [1.29, 1.82) is 0 Å². The third-order valence-electron chi connectivity index (χ3n) is 2.23. The van der Waals surface area contributed by atoms with Crippen molar-refractivity contribution in [2.45, 2.75) is 13.5 Å². The van der Waals surface area contributed by atoms with Crippen LogP contribution in [-0.4, -0.2) is 11.0 Å². The van der Waals surface area contributed by atoms with Crippen LogP contribution in [0.5, 0.6) is 0 Å². The molecule has 2 N–H and O–H groups in total. The fourth-order valence-corrected chi connectivity index (χ4v) is 1.38. The molecule has 0 saturated heterocycles. The van der Waals surface area contributed by atoms with E-state index in [2.05, 4.69) is 22.5 Å². The van der Waals surface area contributed by atoms with Crippen LogP contribution in [-0.2, 0) is 39.3 Å². The van der Waals surface area contributed by atoms with Gasteiger partial charge in [-0.15, -0.1) is 0 Å². The van der Waals surface area contributed by atoms with Crippen LogP contribution in [0.25, 0.3) is 0 Å². The van der Waals surface area contributed by atoms with E-state index < -0.39 is 0 Å². The standard InChI is InChI=1S/C13H13N3O.C2H5.Y/c17-13(16-12-4-2-1-3-5-12)15-10-11-6-8-14-9-7-11;1-2;/h1-9H,10H2,(H2,15,16,17);1H2,2H3;/q;-1;. The van der Waals surface area contributed by atoms with Gasteiger partial charge in [0.2, 0.25) is 0 Å². The molecule has 2 rings (SSSR count). The number of hydrogen-bond acceptors (Lipinski definition) is 2. The Hall–Kier alpha value is -1.26. The van der Waals surface area contributed by atoms with E-state index in [1.54, 1.807) is 19.3 Å². The van der Waals surface area contributed by atoms with Crippen molar-refractivity contribution >= 4 is 11.7 Å². The molecule has 0 saturated carbocycles. The third-order valence-corrected chi connectivity index (χ3v) is 2.23. The number of rotatable bonds is 3. The first-order chi connectivity index (χ1) is 9.34. The second kappa shape index (κ2) is 11.6. The molecular weight excluding hydrogens is 327 g/mol. The summed E-state index contributed by atoms with van der Waals surface area (Å²) in [7, 11) is 0. The third kappa shape index (κ3) is 7.36. The Kier molecular flexibility index (Phi) is 10.8. The molecule has 1 aromatic carbocycles. The molecule has 0 atom stereocenters. The second-order valence-electron chi connectivity index (χ2n) is 3.53. The fraction of sp³-hybridized carbons (Fsp3) is 0.133. The number of carbonyl (C=O) groups excluding carboxylic acids is 1. The van der Waals surface area contributed by atoms with E-state index in [9.17, 15) is 4.79 Å². The Morgan fingerprint density at radius 2 is 1.70 bits per heavy atom. The molecule has 103 valence electrons. The van der Waals surface area contributed by atoms with Crippen LogP contribution in [0.3, 0.4) is 0 Å². The van der Waals surface area contributed by atoms with Crippen molar-refractivity contribution in [3.8, 4) is 0 Å². The summed E-state index contributed by atoms with van der Waals surface area (Å²) in [5, 5.41) is 5.52. The van der Waals surface area contributed by atoms with E-state index in [0.29, 0.717) is 6.54 Å². The normalized spacial score (nSPS) is 8.50. The van der Waals surface area contributed by atoms with Crippen molar-refractivity contribution in [3.63, 3.8) is 0 Å². The number of anilines is 1. The van der Waals surface area contributed by atoms with Crippen LogP contribution in [0.1, 0.15) is 12.5 Å². The number of carbonyl (C=O) groups is 1. The summed E-state index contributed by atoms with van der Waals surface area (Å²) in [5.41, 5.74) is 1.79. The van der Waals surface area contributed by atoms with Crippen LogP contribution >= 0.6 is 0 Å². The van der Waals surface area contributed by atoms with Gasteiger partial charge in [-0.25, -0.2) is 4.79 Å². The first-order valence-electron chi connectivity index (χ1n) is 6.04. The Morgan fingerprint density at radius 3 is 2.30 bits per heavy atom. The smallest absolute Gasteiger partial charge is 0.319 e. The average Bonchev–Trinajstić information content (AvgIpc) is 2.49. The molecule has 0 bridgehead atoms. The number of urea groups is 1. The average molecular weight is 345 g/mol. The van der Waals surface area contributed by atoms with E-state index in [-0.39, 0.29) is 38.7 Å². The fourth-order valence-electron chi connectivity index (χ4n) is 1.38. The number of nitrogens with zero attached hydrogens (tertiary/aromatic N) is 1. The molecule has 1 aromatic heterocycles. The van der Waals surface area contributed by atoms with Gasteiger partial charge in [0.25, 0.3) is 0 Å². The minimum Gasteiger partial charge on any atom is -0.346 e. The van der Waals surface area contributed by atoms with Crippen LogP contribution in [0.2, 0.25) is 0 Å². The Balaban J connectivity index is 0.00000115. The summed E-state index contributed by atoms with van der Waals surface area (Å²) in [6.07, 6.45) is 3.40. The number of nitrogens with one attached hydrogen (secondary N) is 2. The van der Waals surface area contributed by atoms with E-state index in [1.165, 1.54) is 0 Å². The molecule has 2 aromatic rings. The minimum atomic E-state index is -0.215. The zero-order valence-electron chi connectivity index (χ0n) is 11.5. The maximum atomic E-state index is 11.5. The molecule has 1 radical (unpaired) electrons. The van der Waals surface area contributed by atoms with Crippen molar-refractivity contribution in [1.82, 2.24) is 10.3 Å². The molecule has 0 aliphatic carbocycles. The van der Waals surface area contributed by atoms with E-state index in [0.717, 1.165) is 11.3 Å². The van der Waals surface area contributed by atoms with E-state index >= 15 is 0 Å². The summed E-state index contributed by atoms with van der Waals surface area (Å²) < 4.78 is 0. The van der Waals surface area contributed by atoms with Gasteiger partial charge >= 0.3 is 6.03 Å². The zero-order valence-corrected chi connectivity index (χ0v) is 14.4. The molecule has 2 amide bonds. The number of amides is 2. The Morgan fingerprint density at radius 1 is 1.10 bits per heavy atom. The minimum absolute atomic E-state index is 0. The number of pyridine rings is 1. The molecule has 1 heterocycles. The number of para-hydroxylation sites is 1. The maximum Gasteiger partial charge on any atom is 0.319 e. The topological polar surface area (TPSA) is 54.0 Å². The molecule has 0 aliphatic rings. The van der Waals surface area contributed by atoms with Gasteiger partial charge in [-0.1, -0.05) is 18.2 Å². The van der Waals surface area contributed by atoms with Gasteiger partial charge in [-0.3, -0.25) is 4.98 Å². The summed E-state index contributed by atoms with van der Waals surface area (Å²) in [6.45, 7) is 5.49. The number of benzene rings is 1. The quantitative estimate of drug-likeness (QED) is 0.839. The predicted molar refractivity (Wildman–Crippen MR) is 77.6 cm³/mol. The largest absolute Gasteiger partial charge is 0.346 e. The number of aromatic nitrogens is 1. The van der Waals surface area contributed by atoms with Gasteiger partial charge in [0.05, 0.1) is 0 Å². The Bertz CT molecular complexity index is 477. The monoisotopic (exact) mass is 345 g/mol. The molecule has 0 fully saturated rings. The molecular formula is C15H18N3OY-. The van der Waals surface area contributed by atoms with Gasteiger partial charge in [-0.05, 0) is 29.8 Å². The van der Waals surface area contributed by atoms with Crippen LogP contribution in [0.4, 0.5) is 10.5 Å². The Labute approximate surface area is 145 Å². The van der Waals surface area contributed by atoms with Crippen molar-refractivity contribution in [3.05, 3.63) is 67.3 Å². The first kappa shape index (κ1) is 18.7. The first-order valence-corrected chi connectivity index (χ1v) is 6.04. The molecule has 0 spiro atoms. The number of hydrogen-bond donors (Lipinski definition) is 2. The van der Waals surface area contributed by atoms with Crippen molar-refractivity contribution < 1.29 is 37.5 Å². The SMILES string of the molecule is O=C(NCc1ccncc1)Nc1ccccc1.[CH2-]C.[Y]. The summed E-state index contributed by atoms with van der Waals surface area (Å²) >= 11 is 0. The van der Waals surface area contributed by atoms with E-state index in [1.807, 2.05) is 42.5 Å². The van der Waals surface area contributed by atoms with Gasteiger partial charge in [0.1, 0.15) is 0 Å². The maximum absolute atomic E-state index is 11.5. The summed E-state index contributed by atoms with van der Waals surface area (Å²) in [6, 6.07) is 12.8. The van der Waals surface area contributed by atoms with Gasteiger partial charge in [-0.2, -0.15) is 6.92 Å². The molecule has 20 heavy (non-hydrogen) atoms. The summed E-state index contributed by atoms with van der Waals surface area (Å²) in [4.78, 5) is 15.5. The van der Waals surface area contributed by atoms with Crippen LogP contribution in [0.15, 0.2) is 54.9 Å².